The van der Waals surface area contributed by atoms with E-state index in [1.54, 1.807) is 0 Å². The van der Waals surface area contributed by atoms with E-state index < -0.39 is 0 Å². The zero-order chi connectivity index (χ0) is 23.7. The summed E-state index contributed by atoms with van der Waals surface area (Å²) in [5, 5.41) is 15.2. The number of unbranched alkanes of at least 4 members (excludes halogenated alkanes) is 15. The van der Waals surface area contributed by atoms with Crippen molar-refractivity contribution in [1.82, 2.24) is 10.6 Å². The second-order valence-electron chi connectivity index (χ2n) is 9.37. The Balaban J connectivity index is 1.78. The molecule has 33 heavy (non-hydrogen) atoms. The van der Waals surface area contributed by atoms with E-state index in [4.69, 9.17) is 14.3 Å². The molecule has 0 saturated heterocycles. The first-order valence-corrected chi connectivity index (χ1v) is 14.0. The number of hydrogen-bond acceptors (Lipinski definition) is 5. The van der Waals surface area contributed by atoms with Gasteiger partial charge >= 0.3 is 0 Å². The van der Waals surface area contributed by atoms with Crippen molar-refractivity contribution in [3.05, 3.63) is 23.7 Å². The van der Waals surface area contributed by atoms with Gasteiger partial charge in [0.05, 0.1) is 13.2 Å². The lowest BCUT2D eigenvalue weighted by Gasteiger charge is -2.05. The van der Waals surface area contributed by atoms with Crippen LogP contribution in [0.15, 0.2) is 16.5 Å². The van der Waals surface area contributed by atoms with Crippen molar-refractivity contribution < 1.29 is 14.3 Å². The third-order valence-electron chi connectivity index (χ3n) is 6.17. The maximum Gasteiger partial charge on any atom is 0.129 e. The maximum atomic E-state index is 8.71. The molecule has 0 spiro atoms. The summed E-state index contributed by atoms with van der Waals surface area (Å²) in [7, 11) is 0. The average molecular weight is 467 g/mol. The van der Waals surface area contributed by atoms with Crippen molar-refractivity contribution in [2.75, 3.05) is 32.8 Å². The van der Waals surface area contributed by atoms with Gasteiger partial charge in [0.2, 0.25) is 0 Å². The molecule has 5 nitrogen and oxygen atoms in total. The number of nitrogens with one attached hydrogen (secondary N) is 2. The summed E-state index contributed by atoms with van der Waals surface area (Å²) in [4.78, 5) is 0. The van der Waals surface area contributed by atoms with Gasteiger partial charge in [0.15, 0.2) is 0 Å². The van der Waals surface area contributed by atoms with E-state index in [1.165, 1.54) is 96.3 Å². The third-order valence-corrected chi connectivity index (χ3v) is 6.17. The molecule has 0 aliphatic carbocycles. The topological polar surface area (TPSA) is 66.7 Å². The summed E-state index contributed by atoms with van der Waals surface area (Å²) in [6, 6.07) is 4.02. The van der Waals surface area contributed by atoms with Crippen LogP contribution < -0.4 is 10.6 Å². The van der Waals surface area contributed by atoms with E-state index in [0.29, 0.717) is 13.2 Å². The Kier molecular flexibility index (Phi) is 22.2. The quantitative estimate of drug-likeness (QED) is 0.132. The molecule has 0 aliphatic heterocycles. The van der Waals surface area contributed by atoms with Crippen LogP contribution in [-0.4, -0.2) is 38.0 Å². The molecule has 0 bridgehead atoms. The number of furan rings is 1. The highest BCUT2D eigenvalue weighted by Crippen LogP contribution is 2.14. The SMILES string of the molecule is CCCCCCCCCCCCCCCCCCOCc1ccc(CNCCNCCO)o1. The van der Waals surface area contributed by atoms with Crippen LogP contribution in [0.3, 0.4) is 0 Å². The van der Waals surface area contributed by atoms with Crippen LogP contribution >= 0.6 is 0 Å². The summed E-state index contributed by atoms with van der Waals surface area (Å²) < 4.78 is 11.6. The molecule has 5 heteroatoms. The zero-order valence-electron chi connectivity index (χ0n) is 21.7. The van der Waals surface area contributed by atoms with Crippen LogP contribution in [0.25, 0.3) is 0 Å². The van der Waals surface area contributed by atoms with Crippen molar-refractivity contribution in [1.29, 1.82) is 0 Å². The second kappa shape index (κ2) is 24.3. The summed E-state index contributed by atoms with van der Waals surface area (Å²) in [5.41, 5.74) is 0. The van der Waals surface area contributed by atoms with Crippen LogP contribution in [0.5, 0.6) is 0 Å². The standard InChI is InChI=1S/C28H54N2O3/c1-2-3-4-5-6-7-8-9-10-11-12-13-14-15-16-17-24-32-26-28-19-18-27(33-28)25-30-21-20-29-22-23-31/h18-19,29-31H,2-17,20-26H2,1H3. The monoisotopic (exact) mass is 466 g/mol. The molecule has 0 atom stereocenters. The van der Waals surface area contributed by atoms with Crippen molar-refractivity contribution >= 4 is 0 Å². The van der Waals surface area contributed by atoms with Gasteiger partial charge in [0.25, 0.3) is 0 Å². The van der Waals surface area contributed by atoms with E-state index in [0.717, 1.165) is 44.2 Å². The minimum atomic E-state index is 0.182. The molecule has 0 fully saturated rings. The fourth-order valence-electron chi connectivity index (χ4n) is 4.11. The number of aliphatic hydroxyl groups is 1. The Morgan fingerprint density at radius 3 is 1.76 bits per heavy atom. The summed E-state index contributed by atoms with van der Waals surface area (Å²) in [6.07, 6.45) is 22.3. The van der Waals surface area contributed by atoms with Crippen LogP contribution in [0.4, 0.5) is 0 Å². The van der Waals surface area contributed by atoms with Gasteiger partial charge in [-0.3, -0.25) is 0 Å². The lowest BCUT2D eigenvalue weighted by atomic mass is 10.0. The zero-order valence-corrected chi connectivity index (χ0v) is 21.7. The summed E-state index contributed by atoms with van der Waals surface area (Å²) in [5.74, 6) is 1.85. The predicted molar refractivity (Wildman–Crippen MR) is 140 cm³/mol. The lowest BCUT2D eigenvalue weighted by molar-refractivity contribution is 0.101. The molecule has 0 aromatic carbocycles. The molecule has 1 rings (SSSR count). The van der Waals surface area contributed by atoms with Crippen LogP contribution in [0.2, 0.25) is 0 Å². The van der Waals surface area contributed by atoms with Crippen LogP contribution in [0.1, 0.15) is 121 Å². The fourth-order valence-corrected chi connectivity index (χ4v) is 4.11. The molecule has 1 aromatic heterocycles. The number of hydrogen-bond donors (Lipinski definition) is 3. The van der Waals surface area contributed by atoms with E-state index in [1.807, 2.05) is 12.1 Å². The van der Waals surface area contributed by atoms with Crippen molar-refractivity contribution in [3.8, 4) is 0 Å². The van der Waals surface area contributed by atoms with Crippen LogP contribution in [-0.2, 0) is 17.9 Å². The first-order valence-electron chi connectivity index (χ1n) is 14.0. The van der Waals surface area contributed by atoms with E-state index in [9.17, 15) is 0 Å². The third kappa shape index (κ3) is 20.2. The molecule has 194 valence electrons. The van der Waals surface area contributed by atoms with Gasteiger partial charge in [-0.15, -0.1) is 0 Å². The average Bonchev–Trinajstić information content (AvgIpc) is 3.28. The normalized spacial score (nSPS) is 11.5. The van der Waals surface area contributed by atoms with Gasteiger partial charge in [0, 0.05) is 26.2 Å². The van der Waals surface area contributed by atoms with E-state index in [2.05, 4.69) is 17.6 Å². The highest BCUT2D eigenvalue weighted by Gasteiger charge is 2.02. The Morgan fingerprint density at radius 1 is 0.667 bits per heavy atom. The minimum absolute atomic E-state index is 0.182. The van der Waals surface area contributed by atoms with Gasteiger partial charge < -0.3 is 24.9 Å². The minimum Gasteiger partial charge on any atom is -0.462 e. The Hall–Kier alpha value is -0.880. The maximum absolute atomic E-state index is 8.71. The first-order chi connectivity index (χ1) is 16.4. The highest BCUT2D eigenvalue weighted by atomic mass is 16.5. The fraction of sp³-hybridized carbons (Fsp3) is 0.857. The van der Waals surface area contributed by atoms with Crippen molar-refractivity contribution in [2.24, 2.45) is 0 Å². The van der Waals surface area contributed by atoms with Crippen molar-refractivity contribution in [2.45, 2.75) is 123 Å². The molecule has 1 aromatic rings. The molecule has 0 saturated carbocycles. The molecule has 0 aliphatic rings. The Labute approximate surface area is 204 Å². The molecule has 1 heterocycles. The number of rotatable bonds is 26. The molecular weight excluding hydrogens is 412 g/mol. The van der Waals surface area contributed by atoms with E-state index >= 15 is 0 Å². The molecule has 0 radical (unpaired) electrons. The Bertz CT molecular complexity index is 507. The van der Waals surface area contributed by atoms with Gasteiger partial charge in [-0.05, 0) is 18.6 Å². The van der Waals surface area contributed by atoms with Gasteiger partial charge in [-0.2, -0.15) is 0 Å². The van der Waals surface area contributed by atoms with Crippen LogP contribution in [0, 0.1) is 0 Å². The Morgan fingerprint density at radius 2 is 1.18 bits per heavy atom. The van der Waals surface area contributed by atoms with Gasteiger partial charge in [-0.25, -0.2) is 0 Å². The lowest BCUT2D eigenvalue weighted by Crippen LogP contribution is -2.28. The molecule has 0 amide bonds. The highest BCUT2D eigenvalue weighted by molar-refractivity contribution is 5.06. The van der Waals surface area contributed by atoms with Gasteiger partial charge in [0.1, 0.15) is 18.1 Å². The molecular formula is C28H54N2O3. The smallest absolute Gasteiger partial charge is 0.129 e. The first kappa shape index (κ1) is 30.2. The largest absolute Gasteiger partial charge is 0.462 e. The second-order valence-corrected chi connectivity index (χ2v) is 9.37. The summed E-state index contributed by atoms with van der Waals surface area (Å²) >= 11 is 0. The van der Waals surface area contributed by atoms with Gasteiger partial charge in [-0.1, -0.05) is 103 Å². The predicted octanol–water partition coefficient (Wildman–Crippen LogP) is 6.73. The summed E-state index contributed by atoms with van der Waals surface area (Å²) in [6.45, 7) is 6.92. The molecule has 3 N–H and O–H groups in total. The number of ether oxygens (including phenoxy) is 1. The molecule has 0 unspecified atom stereocenters. The van der Waals surface area contributed by atoms with Crippen molar-refractivity contribution in [3.63, 3.8) is 0 Å². The number of aliphatic hydroxyl groups excluding tert-OH is 1. The van der Waals surface area contributed by atoms with E-state index in [-0.39, 0.29) is 6.61 Å².